The molecule has 1 aliphatic rings. The lowest BCUT2D eigenvalue weighted by Gasteiger charge is -2.26. The Bertz CT molecular complexity index is 1100. The van der Waals surface area contributed by atoms with Crippen LogP contribution >= 0.6 is 0 Å². The summed E-state index contributed by atoms with van der Waals surface area (Å²) >= 11 is 0. The number of Topliss-reactive ketones (excluding diaryl/α,β-unsaturated/α-hetero) is 1. The number of H-pyrrole nitrogens is 1. The Hall–Kier alpha value is -3.45. The average Bonchev–Trinajstić information content (AvgIpc) is 3.26. The molecule has 1 aliphatic heterocycles. The minimum Gasteiger partial charge on any atom is -0.507 e. The van der Waals surface area contributed by atoms with Gasteiger partial charge >= 0.3 is 0 Å². The van der Waals surface area contributed by atoms with Crippen molar-refractivity contribution in [1.82, 2.24) is 19.8 Å². The number of aliphatic hydroxyl groups excluding tert-OH is 1. The molecule has 0 radical (unpaired) electrons. The lowest BCUT2D eigenvalue weighted by molar-refractivity contribution is -0.140. The van der Waals surface area contributed by atoms with Crippen molar-refractivity contribution in [2.75, 3.05) is 27.2 Å². The number of benzene rings is 1. The van der Waals surface area contributed by atoms with Crippen LogP contribution in [0.3, 0.4) is 0 Å². The van der Waals surface area contributed by atoms with Crippen LogP contribution in [0.2, 0.25) is 0 Å². The highest BCUT2D eigenvalue weighted by Crippen LogP contribution is 2.40. The summed E-state index contributed by atoms with van der Waals surface area (Å²) < 4.78 is 0. The molecule has 0 aliphatic carbocycles. The Balaban J connectivity index is 1.88. The Morgan fingerprint density at radius 2 is 1.90 bits per heavy atom. The molecule has 7 heteroatoms. The Morgan fingerprint density at radius 1 is 1.17 bits per heavy atom. The number of likely N-dealkylation sites (N-methyl/N-ethyl adjacent to an activating group) is 1. The van der Waals surface area contributed by atoms with E-state index in [9.17, 15) is 14.7 Å². The fourth-order valence-electron chi connectivity index (χ4n) is 3.72. The highest BCUT2D eigenvalue weighted by atomic mass is 16.3. The van der Waals surface area contributed by atoms with E-state index in [-0.39, 0.29) is 11.3 Å². The first kappa shape index (κ1) is 18.9. The monoisotopic (exact) mass is 390 g/mol. The van der Waals surface area contributed by atoms with E-state index in [1.165, 1.54) is 4.90 Å². The third-order valence-corrected chi connectivity index (χ3v) is 5.19. The maximum absolute atomic E-state index is 13.0. The van der Waals surface area contributed by atoms with E-state index >= 15 is 0 Å². The number of fused-ring (bicyclic) bond motifs is 1. The zero-order valence-corrected chi connectivity index (χ0v) is 16.3. The van der Waals surface area contributed by atoms with Crippen LogP contribution in [0.25, 0.3) is 16.7 Å². The van der Waals surface area contributed by atoms with Crippen LogP contribution in [0.1, 0.15) is 17.2 Å². The normalized spacial score (nSPS) is 18.9. The van der Waals surface area contributed by atoms with Gasteiger partial charge in [0.2, 0.25) is 0 Å². The zero-order valence-electron chi connectivity index (χ0n) is 16.3. The van der Waals surface area contributed by atoms with Gasteiger partial charge in [0.25, 0.3) is 11.7 Å². The van der Waals surface area contributed by atoms with Gasteiger partial charge < -0.3 is 19.9 Å². The molecule has 4 rings (SSSR count). The molecule has 148 valence electrons. The topological polar surface area (TPSA) is 89.5 Å². The number of aromatic amines is 1. The van der Waals surface area contributed by atoms with Crippen molar-refractivity contribution in [2.24, 2.45) is 0 Å². The molecule has 2 N–H and O–H groups in total. The standard InChI is InChI=1S/C22H22N4O3/c1-25(2)11-12-26-19(14-7-9-23-10-8-14)18(21(28)22(26)29)20(27)16-13-24-17-6-4-3-5-15(16)17/h3-10,13,19,24,27H,11-12H2,1-2H3/b20-18+/t19-/m1/s1. The molecule has 0 bridgehead atoms. The van der Waals surface area contributed by atoms with Gasteiger partial charge in [-0.25, -0.2) is 0 Å². The van der Waals surface area contributed by atoms with Crippen molar-refractivity contribution < 1.29 is 14.7 Å². The number of carbonyl (C=O) groups excluding carboxylic acids is 2. The van der Waals surface area contributed by atoms with Crippen LogP contribution in [-0.4, -0.2) is 63.7 Å². The minimum absolute atomic E-state index is 0.102. The molecule has 1 amide bonds. The number of ketones is 1. The Labute approximate surface area is 168 Å². The number of likely N-dealkylation sites (tertiary alicyclic amines) is 1. The van der Waals surface area contributed by atoms with E-state index in [4.69, 9.17) is 0 Å². The fraction of sp³-hybridized carbons (Fsp3) is 0.227. The van der Waals surface area contributed by atoms with Crippen molar-refractivity contribution in [1.29, 1.82) is 0 Å². The Kier molecular flexibility index (Phi) is 4.90. The van der Waals surface area contributed by atoms with Gasteiger partial charge in [0.1, 0.15) is 5.76 Å². The average molecular weight is 390 g/mol. The van der Waals surface area contributed by atoms with E-state index in [0.29, 0.717) is 18.7 Å². The summed E-state index contributed by atoms with van der Waals surface area (Å²) in [5, 5.41) is 11.9. The van der Waals surface area contributed by atoms with Gasteiger partial charge in [-0.05, 0) is 37.9 Å². The summed E-state index contributed by atoms with van der Waals surface area (Å²) in [4.78, 5) is 36.4. The number of amides is 1. The second-order valence-electron chi connectivity index (χ2n) is 7.32. The van der Waals surface area contributed by atoms with Gasteiger partial charge in [-0.3, -0.25) is 14.6 Å². The number of hydrogen-bond donors (Lipinski definition) is 2. The molecule has 7 nitrogen and oxygen atoms in total. The largest absolute Gasteiger partial charge is 0.507 e. The number of hydrogen-bond acceptors (Lipinski definition) is 5. The Morgan fingerprint density at radius 3 is 2.62 bits per heavy atom. The molecule has 1 saturated heterocycles. The quantitative estimate of drug-likeness (QED) is 0.397. The zero-order chi connectivity index (χ0) is 20.5. The summed E-state index contributed by atoms with van der Waals surface area (Å²) in [6.45, 7) is 0.969. The molecule has 1 aromatic carbocycles. The second-order valence-corrected chi connectivity index (χ2v) is 7.32. The molecule has 1 fully saturated rings. The summed E-state index contributed by atoms with van der Waals surface area (Å²) in [6, 6.07) is 10.4. The molecule has 2 aromatic heterocycles. The van der Waals surface area contributed by atoms with Crippen molar-refractivity contribution in [3.8, 4) is 0 Å². The first-order valence-corrected chi connectivity index (χ1v) is 9.38. The maximum Gasteiger partial charge on any atom is 0.295 e. The molecule has 3 aromatic rings. The van der Waals surface area contributed by atoms with Gasteiger partial charge in [-0.1, -0.05) is 18.2 Å². The number of nitrogens with one attached hydrogen (secondary N) is 1. The molecular formula is C22H22N4O3. The number of rotatable bonds is 5. The first-order valence-electron chi connectivity index (χ1n) is 9.38. The van der Waals surface area contributed by atoms with Gasteiger partial charge in [0, 0.05) is 48.1 Å². The number of para-hydroxylation sites is 1. The lowest BCUT2D eigenvalue weighted by atomic mass is 9.96. The van der Waals surface area contributed by atoms with E-state index in [1.54, 1.807) is 30.7 Å². The van der Waals surface area contributed by atoms with Crippen LogP contribution in [-0.2, 0) is 9.59 Å². The third-order valence-electron chi connectivity index (χ3n) is 5.19. The number of nitrogens with zero attached hydrogens (tertiary/aromatic N) is 3. The summed E-state index contributed by atoms with van der Waals surface area (Å²) in [5.41, 5.74) is 2.19. The van der Waals surface area contributed by atoms with Crippen LogP contribution in [0.5, 0.6) is 0 Å². The van der Waals surface area contributed by atoms with Crippen molar-refractivity contribution in [3.05, 3.63) is 71.7 Å². The van der Waals surface area contributed by atoms with Crippen molar-refractivity contribution >= 4 is 28.4 Å². The van der Waals surface area contributed by atoms with Gasteiger partial charge in [-0.2, -0.15) is 0 Å². The van der Waals surface area contributed by atoms with E-state index in [2.05, 4.69) is 9.97 Å². The lowest BCUT2D eigenvalue weighted by Crippen LogP contribution is -2.35. The minimum atomic E-state index is -0.673. The molecule has 1 atom stereocenters. The molecule has 29 heavy (non-hydrogen) atoms. The third kappa shape index (κ3) is 3.30. The highest BCUT2D eigenvalue weighted by Gasteiger charge is 2.46. The summed E-state index contributed by atoms with van der Waals surface area (Å²) in [6.07, 6.45) is 4.90. The molecule has 0 spiro atoms. The smallest absolute Gasteiger partial charge is 0.295 e. The van der Waals surface area contributed by atoms with Crippen molar-refractivity contribution in [2.45, 2.75) is 6.04 Å². The molecular weight excluding hydrogens is 368 g/mol. The number of pyridine rings is 1. The van der Waals surface area contributed by atoms with Crippen LogP contribution in [0.4, 0.5) is 0 Å². The SMILES string of the molecule is CN(C)CCN1C(=O)C(=O)/C(=C(/O)c2c[nH]c3ccccc23)[C@H]1c1ccncc1. The number of carbonyl (C=O) groups is 2. The predicted octanol–water partition coefficient (Wildman–Crippen LogP) is 2.55. The van der Waals surface area contributed by atoms with E-state index < -0.39 is 17.7 Å². The van der Waals surface area contributed by atoms with Gasteiger partial charge in [0.05, 0.1) is 11.6 Å². The molecule has 0 saturated carbocycles. The second kappa shape index (κ2) is 7.52. The number of aliphatic hydroxyl groups is 1. The van der Waals surface area contributed by atoms with Crippen LogP contribution < -0.4 is 0 Å². The fourth-order valence-corrected chi connectivity index (χ4v) is 3.72. The first-order chi connectivity index (χ1) is 14.0. The summed E-state index contributed by atoms with van der Waals surface area (Å²) in [7, 11) is 3.81. The number of aromatic nitrogens is 2. The van der Waals surface area contributed by atoms with E-state index in [0.717, 1.165) is 16.5 Å². The van der Waals surface area contributed by atoms with E-state index in [1.807, 2.05) is 43.3 Å². The predicted molar refractivity (Wildman–Crippen MR) is 110 cm³/mol. The van der Waals surface area contributed by atoms with Crippen LogP contribution in [0.15, 0.2) is 60.6 Å². The summed E-state index contributed by atoms with van der Waals surface area (Å²) in [5.74, 6) is -1.45. The highest BCUT2D eigenvalue weighted by molar-refractivity contribution is 6.46. The van der Waals surface area contributed by atoms with Gasteiger partial charge in [0.15, 0.2) is 0 Å². The van der Waals surface area contributed by atoms with Crippen molar-refractivity contribution in [3.63, 3.8) is 0 Å². The molecule has 3 heterocycles. The van der Waals surface area contributed by atoms with Gasteiger partial charge in [-0.15, -0.1) is 0 Å². The molecule has 0 unspecified atom stereocenters. The maximum atomic E-state index is 13.0. The van der Waals surface area contributed by atoms with Crippen LogP contribution in [0, 0.1) is 0 Å².